The SMILES string of the molecule is CCCCn1c(=NC)sc2ccncc21. The van der Waals surface area contributed by atoms with Crippen LogP contribution in [-0.2, 0) is 6.54 Å². The highest BCUT2D eigenvalue weighted by molar-refractivity contribution is 7.16. The van der Waals surface area contributed by atoms with E-state index in [-0.39, 0.29) is 0 Å². The summed E-state index contributed by atoms with van der Waals surface area (Å²) >= 11 is 1.73. The molecule has 0 N–H and O–H groups in total. The Morgan fingerprint density at radius 2 is 2.40 bits per heavy atom. The zero-order valence-electron chi connectivity index (χ0n) is 9.10. The lowest BCUT2D eigenvalue weighted by Crippen LogP contribution is -2.14. The van der Waals surface area contributed by atoms with Crippen molar-refractivity contribution in [2.75, 3.05) is 7.05 Å². The molecular formula is C11H15N3S. The van der Waals surface area contributed by atoms with Crippen molar-refractivity contribution < 1.29 is 0 Å². The molecule has 0 aliphatic carbocycles. The first-order valence-corrected chi connectivity index (χ1v) is 6.04. The van der Waals surface area contributed by atoms with E-state index in [1.54, 1.807) is 11.3 Å². The van der Waals surface area contributed by atoms with Gasteiger partial charge >= 0.3 is 0 Å². The third-order valence-corrected chi connectivity index (χ3v) is 3.56. The largest absolute Gasteiger partial charge is 0.315 e. The zero-order chi connectivity index (χ0) is 10.7. The lowest BCUT2D eigenvalue weighted by Gasteiger charge is -2.02. The van der Waals surface area contributed by atoms with Gasteiger partial charge in [0.15, 0.2) is 4.80 Å². The molecule has 0 aliphatic rings. The van der Waals surface area contributed by atoms with E-state index >= 15 is 0 Å². The van der Waals surface area contributed by atoms with Gasteiger partial charge in [-0.25, -0.2) is 0 Å². The van der Waals surface area contributed by atoms with Crippen LogP contribution in [0.2, 0.25) is 0 Å². The lowest BCUT2D eigenvalue weighted by atomic mass is 10.3. The molecule has 4 heteroatoms. The van der Waals surface area contributed by atoms with E-state index in [9.17, 15) is 0 Å². The minimum atomic E-state index is 1.04. The number of thiazole rings is 1. The average Bonchev–Trinajstić information content (AvgIpc) is 2.64. The summed E-state index contributed by atoms with van der Waals surface area (Å²) < 4.78 is 3.53. The average molecular weight is 221 g/mol. The first-order chi connectivity index (χ1) is 7.36. The molecule has 0 saturated carbocycles. The number of fused-ring (bicyclic) bond motifs is 1. The summed E-state index contributed by atoms with van der Waals surface area (Å²) in [5, 5.41) is 0. The summed E-state index contributed by atoms with van der Waals surface area (Å²) in [6.07, 6.45) is 6.15. The maximum atomic E-state index is 4.31. The highest BCUT2D eigenvalue weighted by Gasteiger charge is 2.04. The van der Waals surface area contributed by atoms with Crippen molar-refractivity contribution in [2.24, 2.45) is 4.99 Å². The Hall–Kier alpha value is -1.16. The maximum absolute atomic E-state index is 4.31. The predicted octanol–water partition coefficient (Wildman–Crippen LogP) is 2.43. The Kier molecular flexibility index (Phi) is 3.16. The molecule has 80 valence electrons. The molecule has 0 spiro atoms. The van der Waals surface area contributed by atoms with Gasteiger partial charge in [0.25, 0.3) is 0 Å². The summed E-state index contributed by atoms with van der Waals surface area (Å²) in [5.41, 5.74) is 1.21. The maximum Gasteiger partial charge on any atom is 0.185 e. The number of pyridine rings is 1. The van der Waals surface area contributed by atoms with Gasteiger partial charge in [0, 0.05) is 19.8 Å². The molecule has 3 nitrogen and oxygen atoms in total. The smallest absolute Gasteiger partial charge is 0.185 e. The van der Waals surface area contributed by atoms with Crippen molar-refractivity contribution in [3.63, 3.8) is 0 Å². The normalized spacial score (nSPS) is 12.5. The molecule has 15 heavy (non-hydrogen) atoms. The standard InChI is InChI=1S/C11H15N3S/c1-3-4-7-14-9-8-13-6-5-10(9)15-11(14)12-2/h5-6,8H,3-4,7H2,1-2H3. The molecular weight excluding hydrogens is 206 g/mol. The summed E-state index contributed by atoms with van der Waals surface area (Å²) in [6.45, 7) is 3.24. The van der Waals surface area contributed by atoms with Crippen LogP contribution in [0.25, 0.3) is 10.2 Å². The van der Waals surface area contributed by atoms with Crippen LogP contribution < -0.4 is 4.80 Å². The van der Waals surface area contributed by atoms with E-state index in [1.165, 1.54) is 23.1 Å². The Morgan fingerprint density at radius 1 is 1.53 bits per heavy atom. The second kappa shape index (κ2) is 4.57. The molecule has 2 heterocycles. The van der Waals surface area contributed by atoms with E-state index in [1.807, 2.05) is 19.4 Å². The summed E-state index contributed by atoms with van der Waals surface area (Å²) in [4.78, 5) is 9.58. The van der Waals surface area contributed by atoms with E-state index in [0.717, 1.165) is 11.3 Å². The van der Waals surface area contributed by atoms with Crippen molar-refractivity contribution in [2.45, 2.75) is 26.3 Å². The number of unbranched alkanes of at least 4 members (excludes halogenated alkanes) is 1. The molecule has 0 amide bonds. The molecule has 0 bridgehead atoms. The topological polar surface area (TPSA) is 30.2 Å². The third kappa shape index (κ3) is 1.95. The third-order valence-electron chi connectivity index (χ3n) is 2.41. The van der Waals surface area contributed by atoms with E-state index in [2.05, 4.69) is 27.5 Å². The van der Waals surface area contributed by atoms with Gasteiger partial charge in [-0.3, -0.25) is 9.98 Å². The molecule has 0 unspecified atom stereocenters. The monoisotopic (exact) mass is 221 g/mol. The van der Waals surface area contributed by atoms with Crippen LogP contribution in [0.4, 0.5) is 0 Å². The highest BCUT2D eigenvalue weighted by atomic mass is 32.1. The van der Waals surface area contributed by atoms with Gasteiger partial charge in [-0.15, -0.1) is 0 Å². The van der Waals surface area contributed by atoms with Crippen molar-refractivity contribution in [3.05, 3.63) is 23.3 Å². The second-order valence-electron chi connectivity index (χ2n) is 3.46. The van der Waals surface area contributed by atoms with Gasteiger partial charge in [-0.05, 0) is 12.5 Å². The predicted molar refractivity (Wildman–Crippen MR) is 64.0 cm³/mol. The molecule has 0 aromatic carbocycles. The van der Waals surface area contributed by atoms with Gasteiger partial charge in [0.05, 0.1) is 16.4 Å². The van der Waals surface area contributed by atoms with Gasteiger partial charge in [-0.2, -0.15) is 0 Å². The van der Waals surface area contributed by atoms with Crippen molar-refractivity contribution in [3.8, 4) is 0 Å². The van der Waals surface area contributed by atoms with Crippen LogP contribution in [0.5, 0.6) is 0 Å². The van der Waals surface area contributed by atoms with Crippen LogP contribution in [0.1, 0.15) is 19.8 Å². The minimum Gasteiger partial charge on any atom is -0.315 e. The fourth-order valence-electron chi connectivity index (χ4n) is 1.62. The Morgan fingerprint density at radius 3 is 3.13 bits per heavy atom. The molecule has 0 atom stereocenters. The molecule has 2 aromatic heterocycles. The van der Waals surface area contributed by atoms with Crippen LogP contribution >= 0.6 is 11.3 Å². The molecule has 2 aromatic rings. The summed E-state index contributed by atoms with van der Waals surface area (Å²) in [5.74, 6) is 0. The van der Waals surface area contributed by atoms with Gasteiger partial charge in [0.2, 0.25) is 0 Å². The fourth-order valence-corrected chi connectivity index (χ4v) is 2.60. The van der Waals surface area contributed by atoms with Crippen LogP contribution in [0, 0.1) is 0 Å². The van der Waals surface area contributed by atoms with Gasteiger partial charge < -0.3 is 4.57 Å². The van der Waals surface area contributed by atoms with Gasteiger partial charge in [0.1, 0.15) is 0 Å². The number of nitrogens with zero attached hydrogens (tertiary/aromatic N) is 3. The number of hydrogen-bond acceptors (Lipinski definition) is 3. The number of aromatic nitrogens is 2. The zero-order valence-corrected chi connectivity index (χ0v) is 9.92. The Balaban J connectivity index is 2.57. The summed E-state index contributed by atoms with van der Waals surface area (Å²) in [7, 11) is 1.85. The molecule has 0 radical (unpaired) electrons. The quantitative estimate of drug-likeness (QED) is 0.783. The molecule has 0 aliphatic heterocycles. The molecule has 0 fully saturated rings. The van der Waals surface area contributed by atoms with Crippen molar-refractivity contribution >= 4 is 21.6 Å². The second-order valence-corrected chi connectivity index (χ2v) is 4.47. The number of hydrogen-bond donors (Lipinski definition) is 0. The lowest BCUT2D eigenvalue weighted by molar-refractivity contribution is 0.633. The van der Waals surface area contributed by atoms with E-state index in [0.29, 0.717) is 0 Å². The number of rotatable bonds is 3. The van der Waals surface area contributed by atoms with Crippen LogP contribution in [0.15, 0.2) is 23.5 Å². The van der Waals surface area contributed by atoms with Gasteiger partial charge in [-0.1, -0.05) is 24.7 Å². The molecule has 0 saturated heterocycles. The van der Waals surface area contributed by atoms with Crippen LogP contribution in [-0.4, -0.2) is 16.6 Å². The van der Waals surface area contributed by atoms with Crippen molar-refractivity contribution in [1.29, 1.82) is 0 Å². The number of aryl methyl sites for hydroxylation is 1. The Bertz CT molecular complexity index is 510. The first-order valence-electron chi connectivity index (χ1n) is 5.23. The fraction of sp³-hybridized carbons (Fsp3) is 0.455. The molecule has 2 rings (SSSR count). The summed E-state index contributed by atoms with van der Waals surface area (Å²) in [6, 6.07) is 2.05. The van der Waals surface area contributed by atoms with E-state index in [4.69, 9.17) is 0 Å². The highest BCUT2D eigenvalue weighted by Crippen LogP contribution is 2.15. The van der Waals surface area contributed by atoms with Crippen LogP contribution in [0.3, 0.4) is 0 Å². The van der Waals surface area contributed by atoms with E-state index < -0.39 is 0 Å². The Labute approximate surface area is 93.1 Å². The first kappa shape index (κ1) is 10.4. The minimum absolute atomic E-state index is 1.04. The van der Waals surface area contributed by atoms with Crippen molar-refractivity contribution in [1.82, 2.24) is 9.55 Å².